The third kappa shape index (κ3) is 5.60. The van der Waals surface area contributed by atoms with E-state index >= 15 is 0 Å². The van der Waals surface area contributed by atoms with Gasteiger partial charge in [-0.25, -0.2) is 4.79 Å². The van der Waals surface area contributed by atoms with E-state index in [9.17, 15) is 4.79 Å². The monoisotopic (exact) mass is 402 g/mol. The molecule has 1 heterocycles. The summed E-state index contributed by atoms with van der Waals surface area (Å²) in [6, 6.07) is 14.6. The quantitative estimate of drug-likeness (QED) is 0.447. The number of para-hydroxylation sites is 1. The van der Waals surface area contributed by atoms with Crippen LogP contribution in [0.4, 0.5) is 15.6 Å². The molecule has 0 radical (unpaired) electrons. The maximum atomic E-state index is 12.0. The molecule has 0 aliphatic heterocycles. The molecule has 0 aliphatic rings. The van der Waals surface area contributed by atoms with Crippen molar-refractivity contribution in [3.05, 3.63) is 54.1 Å². The van der Waals surface area contributed by atoms with Gasteiger partial charge in [0.2, 0.25) is 5.13 Å². The molecule has 7 nitrogen and oxygen atoms in total. The van der Waals surface area contributed by atoms with Crippen LogP contribution >= 0.6 is 23.1 Å². The maximum absolute atomic E-state index is 12.0. The SMILES string of the molecule is COc1cc(CSc2nnc(NC(=O)Nc3ccccc3)s2)cc(OC)c1. The summed E-state index contributed by atoms with van der Waals surface area (Å²) in [7, 11) is 3.24. The fourth-order valence-electron chi connectivity index (χ4n) is 2.19. The van der Waals surface area contributed by atoms with E-state index in [1.165, 1.54) is 23.1 Å². The first-order chi connectivity index (χ1) is 13.2. The Morgan fingerprint density at radius 3 is 2.41 bits per heavy atom. The Balaban J connectivity index is 1.56. The topological polar surface area (TPSA) is 85.4 Å². The molecule has 3 aromatic rings. The number of carbonyl (C=O) groups excluding carboxylic acids is 1. The Kier molecular flexibility index (Phi) is 6.50. The molecule has 0 saturated carbocycles. The molecule has 0 saturated heterocycles. The van der Waals surface area contributed by atoms with Gasteiger partial charge >= 0.3 is 6.03 Å². The predicted molar refractivity (Wildman–Crippen MR) is 108 cm³/mol. The molecular weight excluding hydrogens is 384 g/mol. The summed E-state index contributed by atoms with van der Waals surface area (Å²) in [6.07, 6.45) is 0. The number of thioether (sulfide) groups is 1. The van der Waals surface area contributed by atoms with Crippen molar-refractivity contribution in [3.63, 3.8) is 0 Å². The molecule has 9 heteroatoms. The van der Waals surface area contributed by atoms with Crippen LogP contribution in [0.3, 0.4) is 0 Å². The lowest BCUT2D eigenvalue weighted by molar-refractivity contribution is 0.262. The van der Waals surface area contributed by atoms with Crippen molar-refractivity contribution in [2.75, 3.05) is 24.9 Å². The van der Waals surface area contributed by atoms with Crippen LogP contribution in [-0.4, -0.2) is 30.4 Å². The summed E-state index contributed by atoms with van der Waals surface area (Å²) in [4.78, 5) is 12.0. The van der Waals surface area contributed by atoms with Crippen LogP contribution in [-0.2, 0) is 5.75 Å². The number of methoxy groups -OCH3 is 2. The van der Waals surface area contributed by atoms with E-state index in [2.05, 4.69) is 20.8 Å². The number of benzene rings is 2. The first kappa shape index (κ1) is 19.0. The van der Waals surface area contributed by atoms with E-state index in [-0.39, 0.29) is 6.03 Å². The number of aromatic nitrogens is 2. The Morgan fingerprint density at radius 2 is 1.74 bits per heavy atom. The van der Waals surface area contributed by atoms with Crippen LogP contribution in [0.1, 0.15) is 5.56 Å². The minimum absolute atomic E-state index is 0.355. The number of hydrogen-bond acceptors (Lipinski definition) is 7. The summed E-state index contributed by atoms with van der Waals surface area (Å²) in [6.45, 7) is 0. The Morgan fingerprint density at radius 1 is 1.04 bits per heavy atom. The summed E-state index contributed by atoms with van der Waals surface area (Å²) in [5, 5.41) is 14.0. The van der Waals surface area contributed by atoms with Gasteiger partial charge in [-0.05, 0) is 29.8 Å². The molecule has 3 rings (SSSR count). The van der Waals surface area contributed by atoms with Crippen molar-refractivity contribution in [3.8, 4) is 11.5 Å². The molecule has 0 unspecified atom stereocenters. The second kappa shape index (κ2) is 9.24. The molecule has 0 spiro atoms. The summed E-state index contributed by atoms with van der Waals surface area (Å²) in [5.41, 5.74) is 1.75. The number of carbonyl (C=O) groups is 1. The normalized spacial score (nSPS) is 10.3. The van der Waals surface area contributed by atoms with Gasteiger partial charge < -0.3 is 14.8 Å². The number of amides is 2. The average molecular weight is 403 g/mol. The fourth-order valence-corrected chi connectivity index (χ4v) is 3.87. The second-order valence-corrected chi connectivity index (χ2v) is 7.53. The van der Waals surface area contributed by atoms with Crippen molar-refractivity contribution in [2.45, 2.75) is 10.1 Å². The highest BCUT2D eigenvalue weighted by atomic mass is 32.2. The second-order valence-electron chi connectivity index (χ2n) is 5.33. The molecular formula is C18H18N4O3S2. The Hall–Kier alpha value is -2.78. The van der Waals surface area contributed by atoms with Gasteiger partial charge in [0.15, 0.2) is 4.34 Å². The van der Waals surface area contributed by atoms with Crippen molar-refractivity contribution in [1.29, 1.82) is 0 Å². The van der Waals surface area contributed by atoms with E-state index in [1.807, 2.05) is 48.5 Å². The number of ether oxygens (including phenoxy) is 2. The number of anilines is 2. The maximum Gasteiger partial charge on any atom is 0.325 e. The molecule has 0 aliphatic carbocycles. The minimum atomic E-state index is -0.355. The zero-order valence-electron chi connectivity index (χ0n) is 14.8. The zero-order chi connectivity index (χ0) is 19.1. The van der Waals surface area contributed by atoms with E-state index in [1.54, 1.807) is 14.2 Å². The smallest absolute Gasteiger partial charge is 0.325 e. The van der Waals surface area contributed by atoms with Gasteiger partial charge in [-0.1, -0.05) is 41.3 Å². The molecule has 0 fully saturated rings. The largest absolute Gasteiger partial charge is 0.497 e. The summed E-state index contributed by atoms with van der Waals surface area (Å²) in [5.74, 6) is 2.16. The lowest BCUT2D eigenvalue weighted by Gasteiger charge is -2.07. The van der Waals surface area contributed by atoms with Gasteiger partial charge in [-0.15, -0.1) is 10.2 Å². The molecule has 27 heavy (non-hydrogen) atoms. The third-order valence-corrected chi connectivity index (χ3v) is 5.48. The Labute approximate surface area is 165 Å². The van der Waals surface area contributed by atoms with Crippen LogP contribution in [0.2, 0.25) is 0 Å². The van der Waals surface area contributed by atoms with Gasteiger partial charge in [0, 0.05) is 17.5 Å². The number of urea groups is 1. The number of nitrogens with zero attached hydrogens (tertiary/aromatic N) is 2. The van der Waals surface area contributed by atoms with Crippen LogP contribution in [0, 0.1) is 0 Å². The van der Waals surface area contributed by atoms with Crippen LogP contribution in [0.5, 0.6) is 11.5 Å². The lowest BCUT2D eigenvalue weighted by Crippen LogP contribution is -2.19. The standard InChI is InChI=1S/C18H18N4O3S2/c1-24-14-8-12(9-15(10-14)25-2)11-26-18-22-21-17(27-18)20-16(23)19-13-6-4-3-5-7-13/h3-10H,11H2,1-2H3,(H2,19,20,21,23). The number of rotatable bonds is 7. The predicted octanol–water partition coefficient (Wildman–Crippen LogP) is 4.49. The zero-order valence-corrected chi connectivity index (χ0v) is 16.4. The van der Waals surface area contributed by atoms with E-state index in [0.29, 0.717) is 16.6 Å². The van der Waals surface area contributed by atoms with Crippen molar-refractivity contribution < 1.29 is 14.3 Å². The van der Waals surface area contributed by atoms with Gasteiger partial charge in [-0.3, -0.25) is 5.32 Å². The highest BCUT2D eigenvalue weighted by molar-refractivity contribution is 8.00. The van der Waals surface area contributed by atoms with E-state index in [4.69, 9.17) is 9.47 Å². The molecule has 2 amide bonds. The number of hydrogen-bond donors (Lipinski definition) is 2. The highest BCUT2D eigenvalue weighted by Gasteiger charge is 2.10. The molecule has 140 valence electrons. The molecule has 0 atom stereocenters. The van der Waals surface area contributed by atoms with Crippen molar-refractivity contribution in [2.24, 2.45) is 0 Å². The van der Waals surface area contributed by atoms with Crippen LogP contribution in [0.25, 0.3) is 0 Å². The lowest BCUT2D eigenvalue weighted by atomic mass is 10.2. The van der Waals surface area contributed by atoms with Crippen molar-refractivity contribution in [1.82, 2.24) is 10.2 Å². The molecule has 2 N–H and O–H groups in total. The fraction of sp³-hybridized carbons (Fsp3) is 0.167. The number of nitrogens with one attached hydrogen (secondary N) is 2. The molecule has 1 aromatic heterocycles. The average Bonchev–Trinajstić information content (AvgIpc) is 3.14. The summed E-state index contributed by atoms with van der Waals surface area (Å²) < 4.78 is 11.3. The van der Waals surface area contributed by atoms with Gasteiger partial charge in [0.25, 0.3) is 0 Å². The third-order valence-electron chi connectivity index (χ3n) is 3.43. The van der Waals surface area contributed by atoms with Crippen LogP contribution < -0.4 is 20.1 Å². The summed E-state index contributed by atoms with van der Waals surface area (Å²) >= 11 is 2.84. The van der Waals surface area contributed by atoms with Crippen LogP contribution in [0.15, 0.2) is 52.9 Å². The van der Waals surface area contributed by atoms with Gasteiger partial charge in [0.1, 0.15) is 11.5 Å². The van der Waals surface area contributed by atoms with E-state index in [0.717, 1.165) is 21.4 Å². The van der Waals surface area contributed by atoms with Gasteiger partial charge in [0.05, 0.1) is 14.2 Å². The molecule has 0 bridgehead atoms. The minimum Gasteiger partial charge on any atom is -0.497 e. The molecule has 2 aromatic carbocycles. The first-order valence-corrected chi connectivity index (χ1v) is 9.78. The van der Waals surface area contributed by atoms with Gasteiger partial charge in [-0.2, -0.15) is 0 Å². The van der Waals surface area contributed by atoms with Crippen molar-refractivity contribution >= 4 is 39.9 Å². The first-order valence-electron chi connectivity index (χ1n) is 7.97. The highest BCUT2D eigenvalue weighted by Crippen LogP contribution is 2.31. The Bertz CT molecular complexity index is 880. The van der Waals surface area contributed by atoms with E-state index < -0.39 is 0 Å².